The van der Waals surface area contributed by atoms with Crippen molar-refractivity contribution in [1.82, 2.24) is 5.32 Å². The van der Waals surface area contributed by atoms with Crippen molar-refractivity contribution in [3.8, 4) is 0 Å². The van der Waals surface area contributed by atoms with Crippen LogP contribution in [-0.2, 0) is 27.9 Å². The molecule has 0 radical (unpaired) electrons. The van der Waals surface area contributed by atoms with E-state index in [0.29, 0.717) is 17.4 Å². The quantitative estimate of drug-likeness (QED) is 0.0205. The van der Waals surface area contributed by atoms with Crippen LogP contribution in [0.4, 0.5) is 0 Å². The van der Waals surface area contributed by atoms with Gasteiger partial charge in [0.05, 0.1) is 33.8 Å². The van der Waals surface area contributed by atoms with Gasteiger partial charge in [0.1, 0.15) is 19.3 Å². The summed E-state index contributed by atoms with van der Waals surface area (Å²) in [7, 11) is 1.49. The molecule has 82 heavy (non-hydrogen) atoms. The van der Waals surface area contributed by atoms with Gasteiger partial charge < -0.3 is 19.4 Å². The number of carbonyl (C=O) groups excluding carboxylic acids is 2. The molecule has 0 aliphatic carbocycles. The van der Waals surface area contributed by atoms with E-state index in [1.807, 2.05) is 33.3 Å². The Morgan fingerprint density at radius 3 is 1.15 bits per heavy atom. The van der Waals surface area contributed by atoms with Gasteiger partial charge in [-0.1, -0.05) is 280 Å². The first-order valence-electron chi connectivity index (χ1n) is 34.8. The highest BCUT2D eigenvalue weighted by Gasteiger charge is 2.30. The lowest BCUT2D eigenvalue weighted by Crippen LogP contribution is -2.47. The Bertz CT molecular complexity index is 1630. The number of rotatable bonds is 63. The second-order valence-corrected chi connectivity index (χ2v) is 26.1. The van der Waals surface area contributed by atoms with Crippen molar-refractivity contribution in [1.29, 1.82) is 0 Å². The zero-order chi connectivity index (χ0) is 60.0. The molecule has 0 bridgehead atoms. The molecule has 0 aliphatic rings. The predicted octanol–water partition coefficient (Wildman–Crippen LogP) is 22.0. The van der Waals surface area contributed by atoms with E-state index in [1.54, 1.807) is 0 Å². The minimum atomic E-state index is -4.46. The zero-order valence-electron chi connectivity index (χ0n) is 54.7. The molecule has 2 N–H and O–H groups in total. The van der Waals surface area contributed by atoms with E-state index in [-0.39, 0.29) is 31.5 Å². The number of likely N-dealkylation sites (N-methyl/N-ethyl adjacent to an activating group) is 1. The second-order valence-electron chi connectivity index (χ2n) is 24.7. The van der Waals surface area contributed by atoms with Crippen LogP contribution in [0.5, 0.6) is 0 Å². The lowest BCUT2D eigenvalue weighted by Gasteiger charge is -2.27. The monoisotopic (exact) mass is 1170 g/mol. The Hall–Kier alpha value is -2.55. The Kier molecular flexibility index (Phi) is 59.6. The Morgan fingerprint density at radius 1 is 0.427 bits per heavy atom. The first kappa shape index (κ1) is 79.5. The third-order valence-electron chi connectivity index (χ3n) is 15.4. The largest absolute Gasteiger partial charge is 0.472 e. The topological polar surface area (TPSA) is 111 Å². The molecule has 0 fully saturated rings. The molecule has 0 aromatic carbocycles. The van der Waals surface area contributed by atoms with Crippen LogP contribution in [0.1, 0.15) is 323 Å². The molecule has 3 unspecified atom stereocenters. The van der Waals surface area contributed by atoms with Gasteiger partial charge in [0.25, 0.3) is 0 Å². The van der Waals surface area contributed by atoms with Crippen LogP contribution in [-0.4, -0.2) is 74.3 Å². The van der Waals surface area contributed by atoms with Crippen LogP contribution in [0.15, 0.2) is 72.9 Å². The van der Waals surface area contributed by atoms with Crippen molar-refractivity contribution in [3.63, 3.8) is 0 Å². The lowest BCUT2D eigenvalue weighted by atomic mass is 10.0. The minimum absolute atomic E-state index is 0.0356. The number of unbranched alkanes of at least 4 members (excludes halogenated alkanes) is 37. The highest BCUT2D eigenvalue weighted by Crippen LogP contribution is 2.43. The summed E-state index contributed by atoms with van der Waals surface area (Å²) in [5.74, 6) is -0.518. The summed E-state index contributed by atoms with van der Waals surface area (Å²) in [6.07, 6.45) is 80.5. The van der Waals surface area contributed by atoms with Crippen molar-refractivity contribution >= 4 is 19.7 Å². The lowest BCUT2D eigenvalue weighted by molar-refractivity contribution is -0.870. The molecule has 0 spiro atoms. The molecule has 1 amide bonds. The van der Waals surface area contributed by atoms with Gasteiger partial charge in [-0.3, -0.25) is 18.6 Å². The molecule has 9 nitrogen and oxygen atoms in total. The number of phosphoric ester groups is 1. The normalized spacial score (nSPS) is 14.0. The third kappa shape index (κ3) is 62.0. The molecule has 0 aromatic heterocycles. The molecule has 0 rings (SSSR count). The molecule has 10 heteroatoms. The van der Waals surface area contributed by atoms with Crippen LogP contribution in [0.2, 0.25) is 0 Å². The Labute approximate surface area is 508 Å². The van der Waals surface area contributed by atoms with Crippen LogP contribution in [0, 0.1) is 0 Å². The van der Waals surface area contributed by atoms with Crippen molar-refractivity contribution in [2.75, 3.05) is 40.9 Å². The van der Waals surface area contributed by atoms with Gasteiger partial charge in [0.15, 0.2) is 0 Å². The molecule has 0 heterocycles. The number of hydrogen-bond acceptors (Lipinski definition) is 6. The van der Waals surface area contributed by atoms with Crippen LogP contribution in [0.3, 0.4) is 0 Å². The molecular weight excluding hydrogens is 1040 g/mol. The van der Waals surface area contributed by atoms with Gasteiger partial charge in [-0.25, -0.2) is 4.57 Å². The zero-order valence-corrected chi connectivity index (χ0v) is 55.6. The van der Waals surface area contributed by atoms with E-state index >= 15 is 0 Å². The fourth-order valence-electron chi connectivity index (χ4n) is 9.98. The average molecular weight is 1170 g/mol. The number of hydrogen-bond donors (Lipinski definition) is 2. The number of allylic oxidation sites excluding steroid dienone is 11. The van der Waals surface area contributed by atoms with Crippen LogP contribution >= 0.6 is 7.82 Å². The van der Waals surface area contributed by atoms with Gasteiger partial charge in [-0.05, 0) is 102 Å². The van der Waals surface area contributed by atoms with Crippen LogP contribution in [0.25, 0.3) is 0 Å². The summed E-state index contributed by atoms with van der Waals surface area (Å²) in [6.45, 7) is 7.00. The summed E-state index contributed by atoms with van der Waals surface area (Å²) < 4.78 is 30.8. The van der Waals surface area contributed by atoms with E-state index < -0.39 is 20.0 Å². The first-order valence-corrected chi connectivity index (χ1v) is 36.3. The van der Waals surface area contributed by atoms with Crippen molar-refractivity contribution in [2.45, 2.75) is 335 Å². The summed E-state index contributed by atoms with van der Waals surface area (Å²) >= 11 is 0. The van der Waals surface area contributed by atoms with Crippen molar-refractivity contribution in [2.24, 2.45) is 0 Å². The molecule has 0 saturated heterocycles. The van der Waals surface area contributed by atoms with E-state index in [2.05, 4.69) is 86.8 Å². The second kappa shape index (κ2) is 61.5. The molecule has 0 aliphatic heterocycles. The maximum absolute atomic E-state index is 13.6. The standard InChI is InChI=1S/C72H133N2O7P/c1-7-10-13-16-19-22-25-28-30-32-34-36-37-39-40-42-44-46-49-52-55-58-61-64-71(75)73-69(68-80-82(77,78)79-67-66-74(4,5)6)70(63-60-57-54-51-48-27-24-21-18-15-12-9-3)81-72(76)65-62-59-56-53-50-47-45-43-41-38-35-33-31-29-26-23-20-17-14-11-8-2/h20,23,28-31,35,38,43,45,60,63,69-70H,7-19,21-22,24-27,32-34,36-37,39-42,44,46-59,61-62,64-68H2,1-6H3,(H-,73,75,77,78)/p+1/b23-20-,30-28+,31-29-,38-35-,45-43-,63-60+. The fourth-order valence-corrected chi connectivity index (χ4v) is 10.7. The predicted molar refractivity (Wildman–Crippen MR) is 355 cm³/mol. The van der Waals surface area contributed by atoms with E-state index in [0.717, 1.165) is 96.3 Å². The summed E-state index contributed by atoms with van der Waals surface area (Å²) in [6, 6.07) is -0.859. The molecule has 3 atom stereocenters. The molecule has 0 saturated carbocycles. The van der Waals surface area contributed by atoms with Crippen LogP contribution < -0.4 is 5.32 Å². The number of esters is 1. The highest BCUT2D eigenvalue weighted by atomic mass is 31.2. The number of nitrogens with zero attached hydrogens (tertiary/aromatic N) is 1. The first-order chi connectivity index (χ1) is 39.9. The van der Waals surface area contributed by atoms with E-state index in [4.69, 9.17) is 13.8 Å². The molecule has 0 aromatic rings. The fraction of sp³-hybridized carbons (Fsp3) is 0.806. The average Bonchev–Trinajstić information content (AvgIpc) is 3.44. The number of nitrogens with one attached hydrogen (secondary N) is 1. The van der Waals surface area contributed by atoms with Gasteiger partial charge in [0, 0.05) is 12.8 Å². The van der Waals surface area contributed by atoms with Gasteiger partial charge in [-0.2, -0.15) is 0 Å². The Morgan fingerprint density at radius 2 is 0.744 bits per heavy atom. The van der Waals surface area contributed by atoms with E-state index in [1.165, 1.54) is 193 Å². The number of quaternary nitrogens is 1. The van der Waals surface area contributed by atoms with E-state index in [9.17, 15) is 19.0 Å². The van der Waals surface area contributed by atoms with Gasteiger partial charge in [-0.15, -0.1) is 0 Å². The Balaban J connectivity index is 5.14. The number of ether oxygens (including phenoxy) is 1. The number of phosphoric acid groups is 1. The molecular formula is C72H134N2O7P+. The number of carbonyl (C=O) groups is 2. The maximum atomic E-state index is 13.6. The summed E-state index contributed by atoms with van der Waals surface area (Å²) in [4.78, 5) is 37.9. The smallest absolute Gasteiger partial charge is 0.456 e. The summed E-state index contributed by atoms with van der Waals surface area (Å²) in [5, 5.41) is 3.07. The van der Waals surface area contributed by atoms with Crippen molar-refractivity contribution in [3.05, 3.63) is 72.9 Å². The van der Waals surface area contributed by atoms with Gasteiger partial charge >= 0.3 is 13.8 Å². The summed E-state index contributed by atoms with van der Waals surface area (Å²) in [5.41, 5.74) is 0. The van der Waals surface area contributed by atoms with Gasteiger partial charge in [0.2, 0.25) is 5.91 Å². The minimum Gasteiger partial charge on any atom is -0.456 e. The molecule has 478 valence electrons. The SMILES string of the molecule is CCCCC/C=C\C/C=C\C/C=C\C/C=C\CCCCCCCC(=O)OC(/C=C/CCCCCCCCCCCC)C(COP(=O)(O)OCC[N+](C)(C)C)NC(=O)CCCCCCCCCCCCCCC/C=C/CCCCCCCC. The maximum Gasteiger partial charge on any atom is 0.472 e. The highest BCUT2D eigenvalue weighted by molar-refractivity contribution is 7.47. The number of amides is 1. The third-order valence-corrected chi connectivity index (χ3v) is 16.4. The van der Waals surface area contributed by atoms with Crippen molar-refractivity contribution < 1.29 is 37.3 Å².